The third-order valence-corrected chi connectivity index (χ3v) is 8.35. The molecule has 2 N–H and O–H groups in total. The highest BCUT2D eigenvalue weighted by molar-refractivity contribution is 5.91. The molecule has 0 radical (unpaired) electrons. The van der Waals surface area contributed by atoms with Gasteiger partial charge in [-0.2, -0.15) is 0 Å². The quantitative estimate of drug-likeness (QED) is 0.226. The lowest BCUT2D eigenvalue weighted by Gasteiger charge is -2.39. The van der Waals surface area contributed by atoms with Crippen molar-refractivity contribution in [1.29, 1.82) is 0 Å². The summed E-state index contributed by atoms with van der Waals surface area (Å²) in [6.07, 6.45) is 3.80. The second-order valence-corrected chi connectivity index (χ2v) is 13.9. The highest BCUT2D eigenvalue weighted by Crippen LogP contribution is 2.32. The summed E-state index contributed by atoms with van der Waals surface area (Å²) in [5.41, 5.74) is 2.77. The average molecular weight is 631 g/mol. The predicted octanol–water partition coefficient (Wildman–Crippen LogP) is 4.65. The van der Waals surface area contributed by atoms with Crippen molar-refractivity contribution < 1.29 is 33.5 Å². The zero-order valence-electron chi connectivity index (χ0n) is 28.0. The number of hydrogen-bond acceptors (Lipinski definition) is 7. The zero-order valence-corrected chi connectivity index (χ0v) is 28.0. The SMILES string of the molecule is CC(C)COC(C)ONC(=O)C[C@@H](CC1CCCC1)C(=O)N[C@H](C(=O)N1CCN(C(=O)OCc2ccccc2)CC1)C(C)(C)C. The number of hydroxylamine groups is 1. The van der Waals surface area contributed by atoms with Crippen LogP contribution in [0.5, 0.6) is 0 Å². The van der Waals surface area contributed by atoms with Gasteiger partial charge in [-0.15, -0.1) is 0 Å². The molecule has 0 bridgehead atoms. The fraction of sp³-hybridized carbons (Fsp3) is 0.706. The van der Waals surface area contributed by atoms with Crippen molar-refractivity contribution >= 4 is 23.8 Å². The van der Waals surface area contributed by atoms with Crippen LogP contribution in [0.2, 0.25) is 0 Å². The molecule has 0 spiro atoms. The number of ether oxygens (including phenoxy) is 2. The molecule has 11 heteroatoms. The van der Waals surface area contributed by atoms with Crippen molar-refractivity contribution in [2.75, 3.05) is 32.8 Å². The Bertz CT molecular complexity index is 1090. The lowest BCUT2D eigenvalue weighted by atomic mass is 9.84. The highest BCUT2D eigenvalue weighted by atomic mass is 16.8. The number of hydrogen-bond donors (Lipinski definition) is 2. The van der Waals surface area contributed by atoms with Gasteiger partial charge in [0.05, 0.1) is 6.61 Å². The molecular weight excluding hydrogens is 576 g/mol. The van der Waals surface area contributed by atoms with Gasteiger partial charge >= 0.3 is 6.09 Å². The van der Waals surface area contributed by atoms with E-state index < -0.39 is 35.7 Å². The molecule has 45 heavy (non-hydrogen) atoms. The second-order valence-electron chi connectivity index (χ2n) is 13.9. The van der Waals surface area contributed by atoms with Gasteiger partial charge in [-0.05, 0) is 36.2 Å². The highest BCUT2D eigenvalue weighted by Gasteiger charge is 2.39. The van der Waals surface area contributed by atoms with E-state index in [1.807, 2.05) is 65.0 Å². The van der Waals surface area contributed by atoms with Gasteiger partial charge in [-0.1, -0.05) is 90.6 Å². The number of carbonyl (C=O) groups excluding carboxylic acids is 4. The van der Waals surface area contributed by atoms with Crippen LogP contribution in [-0.2, 0) is 35.3 Å². The van der Waals surface area contributed by atoms with Crippen LogP contribution in [-0.4, -0.2) is 78.7 Å². The maximum atomic E-state index is 13.8. The lowest BCUT2D eigenvalue weighted by Crippen LogP contribution is -2.59. The van der Waals surface area contributed by atoms with Gasteiger partial charge in [0.25, 0.3) is 0 Å². The maximum Gasteiger partial charge on any atom is 0.410 e. The molecule has 2 fully saturated rings. The van der Waals surface area contributed by atoms with E-state index >= 15 is 0 Å². The normalized spacial score (nSPS) is 17.9. The molecule has 1 saturated carbocycles. The molecule has 0 aromatic heterocycles. The first-order valence-corrected chi connectivity index (χ1v) is 16.4. The van der Waals surface area contributed by atoms with Crippen LogP contribution in [0.4, 0.5) is 4.79 Å². The van der Waals surface area contributed by atoms with Gasteiger partial charge in [0, 0.05) is 38.5 Å². The van der Waals surface area contributed by atoms with Gasteiger partial charge in [-0.25, -0.2) is 15.1 Å². The van der Waals surface area contributed by atoms with Crippen LogP contribution in [0.1, 0.15) is 85.6 Å². The molecule has 2 aliphatic rings. The smallest absolute Gasteiger partial charge is 0.410 e. The Morgan fingerprint density at radius 2 is 1.56 bits per heavy atom. The van der Waals surface area contributed by atoms with E-state index in [0.717, 1.165) is 31.2 Å². The van der Waals surface area contributed by atoms with Crippen molar-refractivity contribution in [2.24, 2.45) is 23.2 Å². The summed E-state index contributed by atoms with van der Waals surface area (Å²) in [5, 5.41) is 3.02. The number of amides is 4. The van der Waals surface area contributed by atoms with Crippen LogP contribution in [0, 0.1) is 23.2 Å². The molecule has 3 atom stereocenters. The Morgan fingerprint density at radius 1 is 0.933 bits per heavy atom. The minimum absolute atomic E-state index is 0.0476. The van der Waals surface area contributed by atoms with Gasteiger partial charge < -0.3 is 24.6 Å². The predicted molar refractivity (Wildman–Crippen MR) is 170 cm³/mol. The molecule has 1 heterocycles. The first-order valence-electron chi connectivity index (χ1n) is 16.4. The number of rotatable bonds is 14. The molecule has 11 nitrogen and oxygen atoms in total. The van der Waals surface area contributed by atoms with Crippen molar-refractivity contribution in [1.82, 2.24) is 20.6 Å². The van der Waals surface area contributed by atoms with Gasteiger partial charge in [-0.3, -0.25) is 14.4 Å². The molecule has 252 valence electrons. The second kappa shape index (κ2) is 17.5. The van der Waals surface area contributed by atoms with Crippen molar-refractivity contribution in [3.63, 3.8) is 0 Å². The van der Waals surface area contributed by atoms with Crippen molar-refractivity contribution in [3.05, 3.63) is 35.9 Å². The number of carbonyl (C=O) groups is 4. The monoisotopic (exact) mass is 630 g/mol. The number of nitrogens with zero attached hydrogens (tertiary/aromatic N) is 2. The fourth-order valence-electron chi connectivity index (χ4n) is 5.72. The summed E-state index contributed by atoms with van der Waals surface area (Å²) in [4.78, 5) is 61.7. The van der Waals surface area contributed by atoms with Crippen molar-refractivity contribution in [2.45, 2.75) is 99.0 Å². The average Bonchev–Trinajstić information content (AvgIpc) is 3.53. The summed E-state index contributed by atoms with van der Waals surface area (Å²) in [5.74, 6) is -0.815. The molecular formula is C34H54N4O7. The van der Waals surface area contributed by atoms with Gasteiger partial charge in [0.15, 0.2) is 6.29 Å². The molecule has 1 unspecified atom stereocenters. The number of nitrogens with one attached hydrogen (secondary N) is 2. The molecule has 1 aromatic rings. The third-order valence-electron chi connectivity index (χ3n) is 8.35. The van der Waals surface area contributed by atoms with Crippen LogP contribution >= 0.6 is 0 Å². The summed E-state index contributed by atoms with van der Waals surface area (Å²) in [6, 6.07) is 8.69. The number of piperazine rings is 1. The molecule has 3 rings (SSSR count). The third kappa shape index (κ3) is 12.3. The molecule has 1 aromatic carbocycles. The Labute approximate surface area is 268 Å². The Kier molecular flexibility index (Phi) is 14.1. The first kappa shape index (κ1) is 36.3. The van der Waals surface area contributed by atoms with Crippen molar-refractivity contribution in [3.8, 4) is 0 Å². The standard InChI is InChI=1S/C34H54N4O7/c1-24(2)22-43-25(3)45-36-29(39)21-28(20-26-12-10-11-13-26)31(40)35-30(34(4,5)6)32(41)37-16-18-38(19-17-37)33(42)44-23-27-14-8-7-9-15-27/h7-9,14-15,24-26,28,30H,10-13,16-23H2,1-6H3,(H,35,40)(H,36,39)/t25?,28-,30-/m1/s1. The minimum Gasteiger partial charge on any atom is -0.445 e. The summed E-state index contributed by atoms with van der Waals surface area (Å²) in [6.45, 7) is 13.5. The van der Waals surface area contributed by atoms with Crippen LogP contribution < -0.4 is 10.8 Å². The Morgan fingerprint density at radius 3 is 2.16 bits per heavy atom. The molecule has 1 saturated heterocycles. The molecule has 4 amide bonds. The van der Waals surface area contributed by atoms with Crippen LogP contribution in [0.25, 0.3) is 0 Å². The Hall–Kier alpha value is -3.18. The molecule has 1 aliphatic heterocycles. The van der Waals surface area contributed by atoms with Gasteiger partial charge in [0.2, 0.25) is 17.7 Å². The van der Waals surface area contributed by atoms with E-state index in [0.29, 0.717) is 51.0 Å². The topological polar surface area (TPSA) is 127 Å². The summed E-state index contributed by atoms with van der Waals surface area (Å²) in [7, 11) is 0. The van der Waals surface area contributed by atoms with E-state index in [9.17, 15) is 19.2 Å². The van der Waals surface area contributed by atoms with E-state index in [1.165, 1.54) is 0 Å². The first-order chi connectivity index (χ1) is 21.3. The molecule has 1 aliphatic carbocycles. The maximum absolute atomic E-state index is 13.8. The fourth-order valence-corrected chi connectivity index (χ4v) is 5.72. The summed E-state index contributed by atoms with van der Waals surface area (Å²) < 4.78 is 11.0. The van der Waals surface area contributed by atoms with E-state index in [-0.39, 0.29) is 24.8 Å². The minimum atomic E-state index is -0.795. The number of benzene rings is 1. The largest absolute Gasteiger partial charge is 0.445 e. The summed E-state index contributed by atoms with van der Waals surface area (Å²) >= 11 is 0. The van der Waals surface area contributed by atoms with E-state index in [2.05, 4.69) is 10.8 Å². The van der Waals surface area contributed by atoms with E-state index in [1.54, 1.807) is 16.7 Å². The lowest BCUT2D eigenvalue weighted by molar-refractivity contribution is -0.183. The van der Waals surface area contributed by atoms with Crippen LogP contribution in [0.15, 0.2) is 30.3 Å². The van der Waals surface area contributed by atoms with Crippen LogP contribution in [0.3, 0.4) is 0 Å². The van der Waals surface area contributed by atoms with E-state index in [4.69, 9.17) is 14.3 Å². The zero-order chi connectivity index (χ0) is 33.0. The Balaban J connectivity index is 1.58. The van der Waals surface area contributed by atoms with Gasteiger partial charge in [0.1, 0.15) is 12.6 Å².